The van der Waals surface area contributed by atoms with Crippen molar-refractivity contribution in [1.29, 1.82) is 0 Å². The van der Waals surface area contributed by atoms with Crippen LogP contribution in [-0.2, 0) is 32.7 Å². The first-order valence-corrected chi connectivity index (χ1v) is 24.1. The standard InChI is InChI=1S/C47H77O15P/c1-3-5-7-9-11-12-13-14-15-16-17-18-19-21-27-33-40(50)59-35-39(36-60-63(57,58)62-47-45(55)43(53)42(52)44(54)46(47)56)61-41(51)34-28-32-38(49)31-26-23-22-25-30-37(48)29-24-20-10-8-6-4-2/h11-12,14-15,17-18,20,22-26,30-31,37-39,42-49,52-56H,3-10,13,16,19,21,27-29,32-36H2,1-2H3,(H,57,58)/b12-11-,15-14-,18-17-,23-22+,24-20-,30-25+,31-26-/t37-,38-,39+,42?,43-,44+,45+,46+,47?/m0/s1. The number of esters is 2. The summed E-state index contributed by atoms with van der Waals surface area (Å²) in [5.41, 5.74) is 0. The molecule has 0 aliphatic heterocycles. The van der Waals surface area contributed by atoms with E-state index in [1.54, 1.807) is 30.4 Å². The van der Waals surface area contributed by atoms with Gasteiger partial charge in [-0.25, -0.2) is 4.57 Å². The van der Waals surface area contributed by atoms with Gasteiger partial charge in [-0.2, -0.15) is 0 Å². The highest BCUT2D eigenvalue weighted by molar-refractivity contribution is 7.47. The van der Waals surface area contributed by atoms with Gasteiger partial charge in [0.2, 0.25) is 0 Å². The normalized spacial score (nSPS) is 23.5. The van der Waals surface area contributed by atoms with Gasteiger partial charge < -0.3 is 50.1 Å². The Labute approximate surface area is 374 Å². The lowest BCUT2D eigenvalue weighted by Gasteiger charge is -2.41. The van der Waals surface area contributed by atoms with Gasteiger partial charge in [-0.15, -0.1) is 0 Å². The second-order valence-electron chi connectivity index (χ2n) is 15.6. The fourth-order valence-corrected chi connectivity index (χ4v) is 7.11. The Balaban J connectivity index is 2.64. The predicted octanol–water partition coefficient (Wildman–Crippen LogP) is 6.44. The average Bonchev–Trinajstić information content (AvgIpc) is 3.25. The quantitative estimate of drug-likeness (QED) is 0.0112. The molecule has 1 aliphatic rings. The van der Waals surface area contributed by atoms with Gasteiger partial charge in [-0.3, -0.25) is 18.6 Å². The summed E-state index contributed by atoms with van der Waals surface area (Å²) in [5, 5.41) is 70.5. The van der Waals surface area contributed by atoms with Gasteiger partial charge in [0.1, 0.15) is 43.2 Å². The first-order chi connectivity index (χ1) is 30.2. The average molecular weight is 913 g/mol. The molecule has 1 fully saturated rings. The maximum Gasteiger partial charge on any atom is 0.472 e. The third-order valence-electron chi connectivity index (χ3n) is 9.90. The molecule has 15 nitrogen and oxygen atoms in total. The van der Waals surface area contributed by atoms with Crippen LogP contribution in [0.1, 0.15) is 129 Å². The topological polar surface area (TPSA) is 250 Å². The van der Waals surface area contributed by atoms with Gasteiger partial charge in [-0.05, 0) is 77.0 Å². The monoisotopic (exact) mass is 913 g/mol. The molecular weight excluding hydrogens is 835 g/mol. The number of unbranched alkanes of at least 4 members (excludes halogenated alkanes) is 8. The van der Waals surface area contributed by atoms with Crippen LogP contribution in [-0.4, -0.2) is 121 Å². The number of carbonyl (C=O) groups is 2. The Morgan fingerprint density at radius 3 is 1.65 bits per heavy atom. The Bertz CT molecular complexity index is 1460. The molecular formula is C47H77O15P. The second kappa shape index (κ2) is 36.2. The van der Waals surface area contributed by atoms with Crippen LogP contribution >= 0.6 is 7.82 Å². The van der Waals surface area contributed by atoms with Crippen molar-refractivity contribution in [3.63, 3.8) is 0 Å². The van der Waals surface area contributed by atoms with Crippen molar-refractivity contribution in [3.8, 4) is 0 Å². The number of hydrogen-bond donors (Lipinski definition) is 8. The van der Waals surface area contributed by atoms with Crippen LogP contribution < -0.4 is 0 Å². The molecule has 0 aromatic rings. The zero-order valence-corrected chi connectivity index (χ0v) is 38.2. The summed E-state index contributed by atoms with van der Waals surface area (Å²) in [7, 11) is -5.20. The van der Waals surface area contributed by atoms with Crippen molar-refractivity contribution in [2.24, 2.45) is 0 Å². The maximum absolute atomic E-state index is 12.8. The third kappa shape index (κ3) is 29.2. The van der Waals surface area contributed by atoms with E-state index in [1.807, 2.05) is 12.2 Å². The number of allylic oxidation sites excluding steroid dienone is 11. The summed E-state index contributed by atoms with van der Waals surface area (Å²) in [6.45, 7) is 2.95. The number of carbonyl (C=O) groups excluding carboxylic acids is 2. The van der Waals surface area contributed by atoms with Crippen LogP contribution in [0.5, 0.6) is 0 Å². The predicted molar refractivity (Wildman–Crippen MR) is 242 cm³/mol. The lowest BCUT2D eigenvalue weighted by atomic mass is 9.85. The van der Waals surface area contributed by atoms with E-state index in [-0.39, 0.29) is 25.7 Å². The SMILES string of the molecule is CCCCC/C=C\C/C=C\C/C=C\CCCCC(=O)OC[C@H](COP(=O)(O)OC1[C@H](O)[C@H](O)C(O)[C@H](O)[C@H]1O)OC(=O)CCC[C@@H](O)\C=C/C=C/C=C/[C@@H](O)C/C=C\CCCCC. The Morgan fingerprint density at radius 2 is 1.08 bits per heavy atom. The molecule has 16 heteroatoms. The zero-order valence-electron chi connectivity index (χ0n) is 37.3. The first kappa shape index (κ1) is 58.0. The fourth-order valence-electron chi connectivity index (χ4n) is 6.13. The summed E-state index contributed by atoms with van der Waals surface area (Å²) < 4.78 is 33.3. The van der Waals surface area contributed by atoms with E-state index in [0.717, 1.165) is 51.4 Å². The summed E-state index contributed by atoms with van der Waals surface area (Å²) in [6, 6.07) is 0. The van der Waals surface area contributed by atoms with E-state index in [4.69, 9.17) is 18.5 Å². The van der Waals surface area contributed by atoms with Crippen molar-refractivity contribution in [2.75, 3.05) is 13.2 Å². The summed E-state index contributed by atoms with van der Waals surface area (Å²) in [4.78, 5) is 35.7. The minimum Gasteiger partial charge on any atom is -0.462 e. The number of aliphatic hydroxyl groups excluding tert-OH is 7. The molecule has 8 N–H and O–H groups in total. The lowest BCUT2D eigenvalue weighted by Crippen LogP contribution is -2.64. The Hall–Kier alpha value is -3.05. The molecule has 0 aromatic carbocycles. The molecule has 0 heterocycles. The molecule has 3 unspecified atom stereocenters. The number of phosphoric acid groups is 1. The molecule has 0 radical (unpaired) electrons. The van der Waals surface area contributed by atoms with Gasteiger partial charge in [0.25, 0.3) is 0 Å². The van der Waals surface area contributed by atoms with Crippen molar-refractivity contribution in [1.82, 2.24) is 0 Å². The summed E-state index contributed by atoms with van der Waals surface area (Å²) in [6.07, 6.45) is 25.4. The van der Waals surface area contributed by atoms with E-state index >= 15 is 0 Å². The van der Waals surface area contributed by atoms with E-state index in [0.29, 0.717) is 12.8 Å². The van der Waals surface area contributed by atoms with E-state index in [1.165, 1.54) is 31.8 Å². The Kier molecular flexibility index (Phi) is 33.3. The van der Waals surface area contributed by atoms with Crippen molar-refractivity contribution in [3.05, 3.63) is 85.1 Å². The molecule has 0 bridgehead atoms. The lowest BCUT2D eigenvalue weighted by molar-refractivity contribution is -0.220. The molecule has 0 amide bonds. The van der Waals surface area contributed by atoms with Crippen LogP contribution in [0.25, 0.3) is 0 Å². The smallest absolute Gasteiger partial charge is 0.462 e. The Morgan fingerprint density at radius 1 is 0.587 bits per heavy atom. The minimum absolute atomic E-state index is 0.0606. The summed E-state index contributed by atoms with van der Waals surface area (Å²) in [5.74, 6) is -1.40. The van der Waals surface area contributed by atoms with Crippen molar-refractivity contribution >= 4 is 19.8 Å². The number of hydrogen-bond acceptors (Lipinski definition) is 14. The van der Waals surface area contributed by atoms with E-state index < -0.39 is 87.9 Å². The second-order valence-corrected chi connectivity index (χ2v) is 17.0. The van der Waals surface area contributed by atoms with Crippen molar-refractivity contribution < 1.29 is 73.3 Å². The molecule has 0 saturated heterocycles. The summed E-state index contributed by atoms with van der Waals surface area (Å²) >= 11 is 0. The molecule has 1 aliphatic carbocycles. The molecule has 10 atom stereocenters. The van der Waals surface area contributed by atoms with Gasteiger partial charge in [0.15, 0.2) is 6.10 Å². The highest BCUT2D eigenvalue weighted by Crippen LogP contribution is 2.47. The molecule has 0 spiro atoms. The van der Waals surface area contributed by atoms with E-state index in [2.05, 4.69) is 50.3 Å². The van der Waals surface area contributed by atoms with Gasteiger partial charge in [-0.1, -0.05) is 125 Å². The number of ether oxygens (including phenoxy) is 2. The maximum atomic E-state index is 12.8. The first-order valence-electron chi connectivity index (χ1n) is 22.6. The number of rotatable bonds is 35. The van der Waals surface area contributed by atoms with Gasteiger partial charge in [0.05, 0.1) is 18.8 Å². The number of phosphoric ester groups is 1. The zero-order chi connectivity index (χ0) is 46.7. The van der Waals surface area contributed by atoms with Gasteiger partial charge >= 0.3 is 19.8 Å². The minimum atomic E-state index is -5.20. The van der Waals surface area contributed by atoms with E-state index in [9.17, 15) is 54.8 Å². The molecule has 63 heavy (non-hydrogen) atoms. The van der Waals surface area contributed by atoms with Gasteiger partial charge in [0, 0.05) is 12.8 Å². The fraction of sp³-hybridized carbons (Fsp3) is 0.660. The highest BCUT2D eigenvalue weighted by Gasteiger charge is 2.51. The van der Waals surface area contributed by atoms with Crippen molar-refractivity contribution in [2.45, 2.75) is 184 Å². The van der Waals surface area contributed by atoms with Crippen LogP contribution in [0.4, 0.5) is 0 Å². The van der Waals surface area contributed by atoms with Crippen LogP contribution in [0.2, 0.25) is 0 Å². The van der Waals surface area contributed by atoms with Crippen LogP contribution in [0.15, 0.2) is 85.1 Å². The highest BCUT2D eigenvalue weighted by atomic mass is 31.2. The third-order valence-corrected chi connectivity index (χ3v) is 10.9. The van der Waals surface area contributed by atoms with Crippen LogP contribution in [0, 0.1) is 0 Å². The van der Waals surface area contributed by atoms with Crippen LogP contribution in [0.3, 0.4) is 0 Å². The molecule has 0 aromatic heterocycles. The molecule has 360 valence electrons. The molecule has 1 rings (SSSR count). The number of aliphatic hydroxyl groups is 7. The molecule has 1 saturated carbocycles. The largest absolute Gasteiger partial charge is 0.472 e.